The number of hydrogen-bond acceptors (Lipinski definition) is 4. The van der Waals surface area contributed by atoms with E-state index in [0.29, 0.717) is 12.4 Å². The van der Waals surface area contributed by atoms with Gasteiger partial charge in [0.05, 0.1) is 22.6 Å². The SMILES string of the molecule is COCCNS(=O)(=O)c1ccc(OC(C)C)c(Cl)c1. The molecule has 1 aromatic carbocycles. The summed E-state index contributed by atoms with van der Waals surface area (Å²) in [6.07, 6.45) is -0.0280. The van der Waals surface area contributed by atoms with Gasteiger partial charge >= 0.3 is 0 Å². The highest BCUT2D eigenvalue weighted by Gasteiger charge is 2.15. The van der Waals surface area contributed by atoms with E-state index >= 15 is 0 Å². The van der Waals surface area contributed by atoms with Crippen LogP contribution in [0.15, 0.2) is 23.1 Å². The van der Waals surface area contributed by atoms with Gasteiger partial charge in [0.25, 0.3) is 0 Å². The standard InChI is InChI=1S/C12H18ClNO4S/c1-9(2)18-12-5-4-10(8-11(12)13)19(15,16)14-6-7-17-3/h4-5,8-9,14H,6-7H2,1-3H3. The molecule has 0 unspecified atom stereocenters. The zero-order valence-electron chi connectivity index (χ0n) is 11.1. The van der Waals surface area contributed by atoms with E-state index in [1.165, 1.54) is 19.2 Å². The number of ether oxygens (including phenoxy) is 2. The van der Waals surface area contributed by atoms with Crippen LogP contribution in [-0.2, 0) is 14.8 Å². The van der Waals surface area contributed by atoms with Crippen molar-refractivity contribution < 1.29 is 17.9 Å². The molecule has 0 heterocycles. The van der Waals surface area contributed by atoms with Crippen molar-refractivity contribution in [1.29, 1.82) is 0 Å². The number of hydrogen-bond donors (Lipinski definition) is 1. The van der Waals surface area contributed by atoms with Crippen molar-refractivity contribution in [2.75, 3.05) is 20.3 Å². The first kappa shape index (κ1) is 16.2. The molecule has 0 spiro atoms. The lowest BCUT2D eigenvalue weighted by molar-refractivity contribution is 0.204. The molecule has 0 atom stereocenters. The molecule has 0 fully saturated rings. The Balaban J connectivity index is 2.87. The summed E-state index contributed by atoms with van der Waals surface area (Å²) in [4.78, 5) is 0.102. The smallest absolute Gasteiger partial charge is 0.240 e. The molecular weight excluding hydrogens is 290 g/mol. The summed E-state index contributed by atoms with van der Waals surface area (Å²) in [6.45, 7) is 4.25. The first-order valence-electron chi connectivity index (χ1n) is 5.81. The van der Waals surface area contributed by atoms with E-state index in [2.05, 4.69) is 4.72 Å². The van der Waals surface area contributed by atoms with Gasteiger partial charge in [0.1, 0.15) is 5.75 Å². The Morgan fingerprint density at radius 2 is 2.05 bits per heavy atom. The van der Waals surface area contributed by atoms with Crippen LogP contribution >= 0.6 is 11.6 Å². The van der Waals surface area contributed by atoms with Crippen LogP contribution in [0.4, 0.5) is 0 Å². The van der Waals surface area contributed by atoms with E-state index in [0.717, 1.165) is 0 Å². The quantitative estimate of drug-likeness (QED) is 0.783. The van der Waals surface area contributed by atoms with E-state index in [1.807, 2.05) is 13.8 Å². The molecule has 1 aromatic rings. The van der Waals surface area contributed by atoms with Crippen LogP contribution in [0, 0.1) is 0 Å². The van der Waals surface area contributed by atoms with Gasteiger partial charge in [-0.05, 0) is 32.0 Å². The molecule has 5 nitrogen and oxygen atoms in total. The lowest BCUT2D eigenvalue weighted by Gasteiger charge is -2.12. The summed E-state index contributed by atoms with van der Waals surface area (Å²) in [5, 5.41) is 0.267. The number of methoxy groups -OCH3 is 1. The van der Waals surface area contributed by atoms with E-state index in [-0.39, 0.29) is 22.6 Å². The summed E-state index contributed by atoms with van der Waals surface area (Å²) >= 11 is 6.00. The third kappa shape index (κ3) is 4.99. The first-order valence-corrected chi connectivity index (χ1v) is 7.67. The van der Waals surface area contributed by atoms with Crippen molar-refractivity contribution in [2.24, 2.45) is 0 Å². The summed E-state index contributed by atoms with van der Waals surface area (Å²) in [6, 6.07) is 4.38. The average molecular weight is 308 g/mol. The molecule has 7 heteroatoms. The monoisotopic (exact) mass is 307 g/mol. The minimum Gasteiger partial charge on any atom is -0.489 e. The molecule has 0 aliphatic carbocycles. The molecule has 0 bridgehead atoms. The third-order valence-corrected chi connectivity index (χ3v) is 3.93. The third-order valence-electron chi connectivity index (χ3n) is 2.17. The van der Waals surface area contributed by atoms with E-state index in [9.17, 15) is 8.42 Å². The molecule has 0 saturated carbocycles. The fraction of sp³-hybridized carbons (Fsp3) is 0.500. The van der Waals surface area contributed by atoms with Crippen LogP contribution in [0.25, 0.3) is 0 Å². The molecule has 0 saturated heterocycles. The topological polar surface area (TPSA) is 64.6 Å². The second-order valence-corrected chi connectivity index (χ2v) is 6.32. The average Bonchev–Trinajstić information content (AvgIpc) is 2.31. The van der Waals surface area contributed by atoms with Crippen LogP contribution < -0.4 is 9.46 Å². The maximum Gasteiger partial charge on any atom is 0.240 e. The molecular formula is C12H18ClNO4S. The van der Waals surface area contributed by atoms with Gasteiger partial charge in [0.15, 0.2) is 0 Å². The van der Waals surface area contributed by atoms with Crippen molar-refractivity contribution in [3.63, 3.8) is 0 Å². The predicted octanol–water partition coefficient (Wildman–Crippen LogP) is 2.05. The van der Waals surface area contributed by atoms with E-state index < -0.39 is 10.0 Å². The molecule has 19 heavy (non-hydrogen) atoms. The summed E-state index contributed by atoms with van der Waals surface area (Å²) in [7, 11) is -2.07. The lowest BCUT2D eigenvalue weighted by atomic mass is 10.3. The number of halogens is 1. The Morgan fingerprint density at radius 1 is 1.37 bits per heavy atom. The maximum atomic E-state index is 11.9. The highest BCUT2D eigenvalue weighted by molar-refractivity contribution is 7.89. The lowest BCUT2D eigenvalue weighted by Crippen LogP contribution is -2.27. The zero-order chi connectivity index (χ0) is 14.5. The molecule has 1 N–H and O–H groups in total. The predicted molar refractivity (Wildman–Crippen MR) is 74.3 cm³/mol. The van der Waals surface area contributed by atoms with Crippen molar-refractivity contribution in [3.05, 3.63) is 23.2 Å². The number of benzene rings is 1. The summed E-state index contributed by atoms with van der Waals surface area (Å²) in [5.74, 6) is 0.465. The molecule has 108 valence electrons. The van der Waals surface area contributed by atoms with Crippen molar-refractivity contribution in [3.8, 4) is 5.75 Å². The van der Waals surface area contributed by atoms with Crippen LogP contribution in [0.5, 0.6) is 5.75 Å². The molecule has 0 amide bonds. The highest BCUT2D eigenvalue weighted by atomic mass is 35.5. The zero-order valence-corrected chi connectivity index (χ0v) is 12.7. The Hall–Kier alpha value is -0.820. The Labute approximate surface area is 118 Å². The number of sulfonamides is 1. The Kier molecular flexibility index (Phi) is 6.06. The van der Waals surface area contributed by atoms with Crippen molar-refractivity contribution in [1.82, 2.24) is 4.72 Å². The molecule has 0 aliphatic heterocycles. The minimum absolute atomic E-state index is 0.0280. The maximum absolute atomic E-state index is 11.9. The molecule has 0 aliphatic rings. The van der Waals surface area contributed by atoms with Gasteiger partial charge < -0.3 is 9.47 Å². The number of rotatable bonds is 7. The van der Waals surface area contributed by atoms with Gasteiger partial charge in [-0.1, -0.05) is 11.6 Å². The second-order valence-electron chi connectivity index (χ2n) is 4.15. The van der Waals surface area contributed by atoms with Gasteiger partial charge in [0.2, 0.25) is 10.0 Å². The van der Waals surface area contributed by atoms with Gasteiger partial charge in [-0.15, -0.1) is 0 Å². The van der Waals surface area contributed by atoms with Crippen LogP contribution in [0.2, 0.25) is 5.02 Å². The molecule has 0 radical (unpaired) electrons. The van der Waals surface area contributed by atoms with Gasteiger partial charge in [-0.2, -0.15) is 0 Å². The molecule has 0 aromatic heterocycles. The van der Waals surface area contributed by atoms with E-state index in [1.54, 1.807) is 6.07 Å². The summed E-state index contributed by atoms with van der Waals surface area (Å²) < 4.78 is 36.5. The normalized spacial score (nSPS) is 11.8. The summed E-state index contributed by atoms with van der Waals surface area (Å²) in [5.41, 5.74) is 0. The first-order chi connectivity index (χ1) is 8.86. The van der Waals surface area contributed by atoms with Crippen LogP contribution in [0.3, 0.4) is 0 Å². The number of nitrogens with one attached hydrogen (secondary N) is 1. The largest absolute Gasteiger partial charge is 0.489 e. The fourth-order valence-electron chi connectivity index (χ4n) is 1.36. The van der Waals surface area contributed by atoms with Gasteiger partial charge in [-0.25, -0.2) is 13.1 Å². The van der Waals surface area contributed by atoms with Crippen LogP contribution in [-0.4, -0.2) is 34.8 Å². The van der Waals surface area contributed by atoms with Gasteiger partial charge in [-0.3, -0.25) is 0 Å². The minimum atomic E-state index is -3.57. The van der Waals surface area contributed by atoms with Crippen LogP contribution in [0.1, 0.15) is 13.8 Å². The fourth-order valence-corrected chi connectivity index (χ4v) is 2.69. The Morgan fingerprint density at radius 3 is 2.58 bits per heavy atom. The second kappa shape index (κ2) is 7.09. The van der Waals surface area contributed by atoms with Crippen molar-refractivity contribution in [2.45, 2.75) is 24.8 Å². The molecule has 1 rings (SSSR count). The van der Waals surface area contributed by atoms with Crippen molar-refractivity contribution >= 4 is 21.6 Å². The Bertz CT molecular complexity index is 516. The highest BCUT2D eigenvalue weighted by Crippen LogP contribution is 2.28. The van der Waals surface area contributed by atoms with E-state index in [4.69, 9.17) is 21.1 Å². The van der Waals surface area contributed by atoms with Gasteiger partial charge in [0, 0.05) is 13.7 Å².